The minimum absolute atomic E-state index is 0.0322. The number of amides is 2. The van der Waals surface area contributed by atoms with Crippen LogP contribution >= 0.6 is 11.3 Å². The van der Waals surface area contributed by atoms with Gasteiger partial charge in [0.1, 0.15) is 49.6 Å². The van der Waals surface area contributed by atoms with Crippen LogP contribution in [0.1, 0.15) is 55.7 Å². The van der Waals surface area contributed by atoms with Gasteiger partial charge in [0.15, 0.2) is 23.9 Å². The van der Waals surface area contributed by atoms with E-state index in [1.165, 1.54) is 6.33 Å². The molecule has 5 atom stereocenters. The molecule has 2 aliphatic heterocycles. The smallest absolute Gasteiger partial charge is 0.255 e. The van der Waals surface area contributed by atoms with Crippen molar-refractivity contribution >= 4 is 45.6 Å². The minimum Gasteiger partial charge on any atom is -0.487 e. The van der Waals surface area contributed by atoms with E-state index in [4.69, 9.17) is 34.6 Å². The van der Waals surface area contributed by atoms with Gasteiger partial charge >= 0.3 is 0 Å². The van der Waals surface area contributed by atoms with Crippen LogP contribution in [0.2, 0.25) is 0 Å². The molecule has 0 bridgehead atoms. The molecule has 366 valence electrons. The number of hydrogen-bond acceptors (Lipinski definition) is 16. The molecule has 4 unspecified atom stereocenters. The zero-order valence-electron chi connectivity index (χ0n) is 40.0. The summed E-state index contributed by atoms with van der Waals surface area (Å²) in [5, 5.41) is 25.5. The van der Waals surface area contributed by atoms with Crippen LogP contribution in [0.15, 0.2) is 83.1 Å². The second-order valence-electron chi connectivity index (χ2n) is 17.3. The lowest BCUT2D eigenvalue weighted by Crippen LogP contribution is -2.54. The number of benzene rings is 3. The van der Waals surface area contributed by atoms with Crippen molar-refractivity contribution in [2.24, 2.45) is 5.92 Å². The fraction of sp³-hybridized carbons (Fsp3) is 0.358. The van der Waals surface area contributed by atoms with Gasteiger partial charge in [0.2, 0.25) is 11.8 Å². The molecule has 0 spiro atoms. The van der Waals surface area contributed by atoms with Crippen LogP contribution in [-0.2, 0) is 24.6 Å². The van der Waals surface area contributed by atoms with Crippen LogP contribution in [0.25, 0.3) is 21.3 Å². The first-order valence-electron chi connectivity index (χ1n) is 23.0. The minimum atomic E-state index is -1.06. The Morgan fingerprint density at radius 3 is 2.52 bits per heavy atom. The topological polar surface area (TPSA) is 205 Å². The number of aliphatic hydroxyl groups is 1. The van der Waals surface area contributed by atoms with Gasteiger partial charge in [-0.05, 0) is 84.5 Å². The zero-order valence-corrected chi connectivity index (χ0v) is 40.8. The van der Waals surface area contributed by atoms with Crippen molar-refractivity contribution < 1.29 is 42.9 Å². The van der Waals surface area contributed by atoms with E-state index in [0.717, 1.165) is 32.9 Å². The van der Waals surface area contributed by atoms with Crippen molar-refractivity contribution in [2.45, 2.75) is 63.9 Å². The van der Waals surface area contributed by atoms with Crippen molar-refractivity contribution in [3.8, 4) is 63.8 Å². The number of carbonyl (C=O) groups is 2. The number of methoxy groups -OCH3 is 1. The summed E-state index contributed by atoms with van der Waals surface area (Å²) in [5.74, 6) is 14.4. The van der Waals surface area contributed by atoms with Gasteiger partial charge in [-0.25, -0.2) is 15.0 Å². The third-order valence-corrected chi connectivity index (χ3v) is 13.1. The summed E-state index contributed by atoms with van der Waals surface area (Å²) < 4.78 is 34.3. The van der Waals surface area contributed by atoms with Gasteiger partial charge in [-0.15, -0.1) is 17.8 Å². The molecule has 2 saturated heterocycles. The van der Waals surface area contributed by atoms with Crippen LogP contribution in [0.5, 0.6) is 17.4 Å². The maximum Gasteiger partial charge on any atom is 0.255 e. The zero-order chi connectivity index (χ0) is 49.9. The second kappa shape index (κ2) is 22.9. The molecule has 0 saturated carbocycles. The molecule has 4 N–H and O–H groups in total. The summed E-state index contributed by atoms with van der Waals surface area (Å²) in [4.78, 5) is 43.9. The van der Waals surface area contributed by atoms with E-state index in [1.807, 2.05) is 87.8 Å². The first-order chi connectivity index (χ1) is 34.4. The predicted octanol–water partition coefficient (Wildman–Crippen LogP) is 5.94. The van der Waals surface area contributed by atoms with Crippen molar-refractivity contribution in [2.75, 3.05) is 58.6 Å². The molecule has 2 fully saturated rings. The van der Waals surface area contributed by atoms with E-state index >= 15 is 0 Å². The maximum absolute atomic E-state index is 14.4. The first kappa shape index (κ1) is 49.9. The summed E-state index contributed by atoms with van der Waals surface area (Å²) in [7, 11) is 1.60. The number of aryl methyl sites for hydroxylation is 1. The number of aromatic nitrogens is 4. The standard InChI is InChI=1S/C53H54N8O9S/c1-7-35-13-12-14-38(25-35)57-49-40-27-43(44(67-23-21-65-6)28-41(40)54-31-55-49)68-24-22-66-19-10-8-9-11-20-69-46-29-45(70-60-46)47(33(2)3)51(63)61-30-39(62)26-42(61)50-58-52(64)53(5,59-50)37-17-15-36(16-18-37)48-34(4)56-32-71-48/h1,12-18,25,27-29,31-33,39,42,47,50,59,62H,19-24,26,30H2,2-6H3,(H,58,64)(H,54,55,57)/t39?,42?,47?,50?,53-/m0/s1. The summed E-state index contributed by atoms with van der Waals surface area (Å²) in [5.41, 5.74) is 5.67. The largest absolute Gasteiger partial charge is 0.487 e. The lowest BCUT2D eigenvalue weighted by molar-refractivity contribution is -0.136. The van der Waals surface area contributed by atoms with Crippen LogP contribution in [0, 0.1) is 48.9 Å². The average molecular weight is 979 g/mol. The van der Waals surface area contributed by atoms with Gasteiger partial charge in [-0.2, -0.15) is 0 Å². The number of β-amino-alcohol motifs (C(OH)–C–C–N with tert-alkyl or cyclic N) is 1. The summed E-state index contributed by atoms with van der Waals surface area (Å²) in [6.07, 6.45) is 5.96. The van der Waals surface area contributed by atoms with Crippen LogP contribution in [0.3, 0.4) is 0 Å². The number of likely N-dealkylation sites (tertiary alicyclic amines) is 1. The van der Waals surface area contributed by atoms with Crippen LogP contribution in [0.4, 0.5) is 11.5 Å². The Hall–Kier alpha value is -7.50. The lowest BCUT2D eigenvalue weighted by atomic mass is 9.91. The number of aliphatic hydroxyl groups excluding tert-OH is 1. The molecular weight excluding hydrogens is 925 g/mol. The Kier molecular flexibility index (Phi) is 16.1. The van der Waals surface area contributed by atoms with E-state index in [1.54, 1.807) is 35.5 Å². The summed E-state index contributed by atoms with van der Waals surface area (Å²) in [6, 6.07) is 20.0. The van der Waals surface area contributed by atoms with Crippen LogP contribution in [-0.4, -0.2) is 114 Å². The predicted molar refractivity (Wildman–Crippen MR) is 267 cm³/mol. The summed E-state index contributed by atoms with van der Waals surface area (Å²) in [6.45, 7) is 8.94. The van der Waals surface area contributed by atoms with Gasteiger partial charge in [0, 0.05) is 42.4 Å². The number of anilines is 2. The molecule has 2 amide bonds. The number of nitrogens with one attached hydrogen (secondary N) is 3. The van der Waals surface area contributed by atoms with Crippen LogP contribution < -0.4 is 30.2 Å². The first-order valence-corrected chi connectivity index (χ1v) is 23.9. The summed E-state index contributed by atoms with van der Waals surface area (Å²) >= 11 is 1.56. The highest BCUT2D eigenvalue weighted by molar-refractivity contribution is 7.13. The lowest BCUT2D eigenvalue weighted by Gasteiger charge is -2.33. The molecule has 8 rings (SSSR count). The molecule has 17 nitrogen and oxygen atoms in total. The normalized spacial score (nSPS) is 18.8. The number of terminal acetylenes is 1. The molecule has 6 aromatic rings. The fourth-order valence-electron chi connectivity index (χ4n) is 8.50. The van der Waals surface area contributed by atoms with Gasteiger partial charge in [0.05, 0.1) is 47.0 Å². The number of hydrogen-bond donors (Lipinski definition) is 4. The Morgan fingerprint density at radius 1 is 1.00 bits per heavy atom. The molecule has 71 heavy (non-hydrogen) atoms. The monoisotopic (exact) mass is 978 g/mol. The van der Waals surface area contributed by atoms with Gasteiger partial charge in [-0.1, -0.05) is 56.0 Å². The van der Waals surface area contributed by atoms with E-state index in [9.17, 15) is 14.7 Å². The Morgan fingerprint density at radius 2 is 1.77 bits per heavy atom. The quantitative estimate of drug-likeness (QED) is 0.0548. The number of carbonyl (C=O) groups excluding carboxylic acids is 2. The van der Waals surface area contributed by atoms with Gasteiger partial charge in [0.25, 0.3) is 5.88 Å². The molecular formula is C53H54N8O9S. The highest BCUT2D eigenvalue weighted by atomic mass is 32.1. The third-order valence-electron chi connectivity index (χ3n) is 12.1. The molecule has 2 aliphatic rings. The van der Waals surface area contributed by atoms with Crippen molar-refractivity contribution in [3.63, 3.8) is 0 Å². The van der Waals surface area contributed by atoms with Crippen molar-refractivity contribution in [1.29, 1.82) is 0 Å². The van der Waals surface area contributed by atoms with E-state index in [0.29, 0.717) is 47.2 Å². The molecule has 18 heteroatoms. The third kappa shape index (κ3) is 11.8. The Balaban J connectivity index is 0.815. The number of fused-ring (bicyclic) bond motifs is 1. The fourth-order valence-corrected chi connectivity index (χ4v) is 9.32. The van der Waals surface area contributed by atoms with Gasteiger partial charge < -0.3 is 48.8 Å². The van der Waals surface area contributed by atoms with Crippen molar-refractivity contribution in [3.05, 3.63) is 101 Å². The number of nitrogens with zero attached hydrogens (tertiary/aromatic N) is 5. The highest BCUT2D eigenvalue weighted by Crippen LogP contribution is 2.38. The molecule has 3 aromatic carbocycles. The average Bonchev–Trinajstić information content (AvgIpc) is 4.18. The number of thiazole rings is 1. The number of rotatable bonds is 19. The SMILES string of the molecule is C#Cc1cccc(Nc2ncnc3cc(OCCOC)c(OCCOCC#CC#CCOc4cc(C(C(=O)N5CC(O)CC5C5NC(=O)[C@](C)(c6ccc(-c7scnc7C)cc6)N5)C(C)C)on4)cc23)c1. The molecule has 3 aromatic heterocycles. The Bertz CT molecular complexity index is 3020. The molecule has 0 radical (unpaired) electrons. The van der Waals surface area contributed by atoms with E-state index in [2.05, 4.69) is 65.7 Å². The number of ether oxygens (including phenoxy) is 5. The highest BCUT2D eigenvalue weighted by Gasteiger charge is 2.51. The second-order valence-corrected chi connectivity index (χ2v) is 18.2. The van der Waals surface area contributed by atoms with Gasteiger partial charge in [-0.3, -0.25) is 14.9 Å². The van der Waals surface area contributed by atoms with Crippen molar-refractivity contribution in [1.82, 2.24) is 35.6 Å². The van der Waals surface area contributed by atoms with E-state index < -0.39 is 29.8 Å². The van der Waals surface area contributed by atoms with E-state index in [-0.39, 0.29) is 63.0 Å². The Labute approximate surface area is 416 Å². The molecule has 5 heterocycles. The molecule has 0 aliphatic carbocycles. The maximum atomic E-state index is 14.4.